The van der Waals surface area contributed by atoms with Crippen molar-refractivity contribution in [2.45, 2.75) is 67.2 Å². The van der Waals surface area contributed by atoms with Crippen molar-refractivity contribution in [1.29, 1.82) is 0 Å². The Morgan fingerprint density at radius 2 is 1.83 bits per heavy atom. The van der Waals surface area contributed by atoms with E-state index >= 15 is 0 Å². The highest BCUT2D eigenvalue weighted by atomic mass is 16.5. The van der Waals surface area contributed by atoms with Gasteiger partial charge in [0.15, 0.2) is 0 Å². The van der Waals surface area contributed by atoms with Crippen LogP contribution in [-0.2, 0) is 28.8 Å². The molecule has 0 saturated heterocycles. The monoisotopic (exact) mass is 491 g/mol. The maximum Gasteiger partial charge on any atom is 0.137 e. The number of benzene rings is 2. The number of hydrogen-bond donors (Lipinski definition) is 0. The first kappa shape index (κ1) is 27.4. The fraction of sp³-hybridized carbons (Fsp3) is 0.438. The van der Waals surface area contributed by atoms with Crippen LogP contribution in [0.4, 0.5) is 0 Å². The third-order valence-electron chi connectivity index (χ3n) is 6.88. The second-order valence-electron chi connectivity index (χ2n) is 10.8. The summed E-state index contributed by atoms with van der Waals surface area (Å²) in [6, 6.07) is 12.6. The van der Waals surface area contributed by atoms with Gasteiger partial charge in [0.1, 0.15) is 11.5 Å². The summed E-state index contributed by atoms with van der Waals surface area (Å²) < 4.78 is 11.2. The second kappa shape index (κ2) is 11.7. The van der Waals surface area contributed by atoms with Crippen molar-refractivity contribution in [3.05, 3.63) is 82.4 Å². The summed E-state index contributed by atoms with van der Waals surface area (Å²) in [7, 11) is 3.42. The number of fused-ring (bicyclic) bond motifs is 1. The van der Waals surface area contributed by atoms with Crippen molar-refractivity contribution in [3.63, 3.8) is 0 Å². The lowest BCUT2D eigenvalue weighted by atomic mass is 9.89. The predicted octanol–water partition coefficient (Wildman–Crippen LogP) is 7.91. The van der Waals surface area contributed by atoms with Gasteiger partial charge in [-0.3, -0.25) is 9.78 Å². The molecule has 0 radical (unpaired) electrons. The molecule has 36 heavy (non-hydrogen) atoms. The molecule has 1 atom stereocenters. The van der Waals surface area contributed by atoms with Gasteiger partial charge in [-0.25, -0.2) is 0 Å². The first-order valence-electron chi connectivity index (χ1n) is 12.9. The van der Waals surface area contributed by atoms with Gasteiger partial charge in [-0.1, -0.05) is 52.8 Å². The molecule has 0 amide bonds. The Morgan fingerprint density at radius 3 is 2.47 bits per heavy atom. The molecule has 196 valence electrons. The van der Waals surface area contributed by atoms with E-state index in [4.69, 9.17) is 14.5 Å². The first-order valence-corrected chi connectivity index (χ1v) is 12.9. The summed E-state index contributed by atoms with van der Waals surface area (Å²) >= 11 is 0. The van der Waals surface area contributed by atoms with E-state index in [-0.39, 0.29) is 20.0 Å². The molecule has 0 aliphatic heterocycles. The molecular weight excluding hydrogens is 446 g/mol. The number of Topliss-reactive ketones (excluding diaryl/α,β-unsaturated/α-hetero) is 1. The quantitative estimate of drug-likeness (QED) is 0.270. The number of carbonyl (C=O) groups excluding carboxylic acids is 1. The van der Waals surface area contributed by atoms with Gasteiger partial charge in [0, 0.05) is 39.1 Å². The molecule has 2 aromatic carbocycles. The van der Waals surface area contributed by atoms with Gasteiger partial charge < -0.3 is 9.47 Å². The molecule has 0 aliphatic carbocycles. The number of ketones is 1. The van der Waals surface area contributed by atoms with E-state index in [1.807, 2.05) is 6.20 Å². The average Bonchev–Trinajstić information content (AvgIpc) is 2.83. The van der Waals surface area contributed by atoms with Crippen LogP contribution in [0.2, 0.25) is 0 Å². The van der Waals surface area contributed by atoms with Gasteiger partial charge in [-0.15, -0.1) is 0 Å². The molecule has 0 aliphatic rings. The number of allylic oxidation sites excluding steroid dienone is 2. The number of methoxy groups -OCH3 is 2. The van der Waals surface area contributed by atoms with E-state index in [0.717, 1.165) is 40.1 Å². The minimum absolute atomic E-state index is 0. The Labute approximate surface area is 219 Å². The molecule has 1 heterocycles. The van der Waals surface area contributed by atoms with Crippen LogP contribution >= 0.6 is 0 Å². The number of pyridine rings is 1. The van der Waals surface area contributed by atoms with Gasteiger partial charge in [0.05, 0.1) is 25.7 Å². The molecule has 3 rings (SSSR count). The molecule has 4 nitrogen and oxygen atoms in total. The number of nitrogens with zero attached hydrogens (tertiary/aromatic N) is 1. The fourth-order valence-corrected chi connectivity index (χ4v) is 4.80. The Morgan fingerprint density at radius 1 is 1.11 bits per heavy atom. The maximum atomic E-state index is 13.0. The average molecular weight is 492 g/mol. The summed E-state index contributed by atoms with van der Waals surface area (Å²) in [6.45, 7) is 12.7. The van der Waals surface area contributed by atoms with E-state index in [1.165, 1.54) is 16.5 Å². The van der Waals surface area contributed by atoms with Gasteiger partial charge in [-0.05, 0) is 71.2 Å². The van der Waals surface area contributed by atoms with Crippen LogP contribution in [0, 0.1) is 18.3 Å². The molecular formula is C32H45NO3. The predicted molar refractivity (Wildman–Crippen MR) is 153 cm³/mol. The van der Waals surface area contributed by atoms with E-state index in [0.29, 0.717) is 19.3 Å². The zero-order valence-electron chi connectivity index (χ0n) is 23.2. The number of aromatic nitrogens is 1. The van der Waals surface area contributed by atoms with Gasteiger partial charge in [0.25, 0.3) is 0 Å². The highest BCUT2D eigenvalue weighted by Gasteiger charge is 2.20. The van der Waals surface area contributed by atoms with Crippen LogP contribution in [0.25, 0.3) is 10.8 Å². The van der Waals surface area contributed by atoms with Crippen LogP contribution in [0.15, 0.2) is 54.4 Å². The number of ether oxygens (including phenoxy) is 2. The topological polar surface area (TPSA) is 48.4 Å². The van der Waals surface area contributed by atoms with Gasteiger partial charge in [-0.2, -0.15) is 0 Å². The van der Waals surface area contributed by atoms with Crippen LogP contribution in [-0.4, -0.2) is 25.0 Å². The molecule has 3 aromatic rings. The maximum absolute atomic E-state index is 13.0. The SMILES string of the molecule is CCc1cc2ccnc(Cc3cccc(CC(=O)CC(C)/C=C(\OC)C(C)(C)C)c3C)c2cc1OC.[HH].[HH]. The summed E-state index contributed by atoms with van der Waals surface area (Å²) in [5.74, 6) is 2.19. The lowest BCUT2D eigenvalue weighted by Gasteiger charge is -2.23. The lowest BCUT2D eigenvalue weighted by Crippen LogP contribution is -2.14. The standard InChI is InChI=1S/C32H41NO3.2H2/c1-9-23-17-26-13-14-33-29(28(26)20-30(23)35-7)19-25-12-10-11-24(22(25)3)18-27(34)15-21(2)16-31(36-8)32(4,5)6;;/h10-14,16-17,20-21H,9,15,18-19H2,1-8H3;2*1H/b31-16-;;. The fourth-order valence-electron chi connectivity index (χ4n) is 4.80. The second-order valence-corrected chi connectivity index (χ2v) is 10.8. The van der Waals surface area contributed by atoms with Gasteiger partial charge >= 0.3 is 0 Å². The number of hydrogen-bond acceptors (Lipinski definition) is 4. The Hall–Kier alpha value is -3.14. The van der Waals surface area contributed by atoms with E-state index in [2.05, 4.69) is 84.0 Å². The van der Waals surface area contributed by atoms with E-state index < -0.39 is 0 Å². The number of carbonyl (C=O) groups is 1. The minimum atomic E-state index is -0.0747. The number of rotatable bonds is 10. The third-order valence-corrected chi connectivity index (χ3v) is 6.88. The molecule has 1 aromatic heterocycles. The van der Waals surface area contributed by atoms with Crippen molar-refractivity contribution in [2.24, 2.45) is 11.3 Å². The van der Waals surface area contributed by atoms with Crippen LogP contribution in [0.5, 0.6) is 5.75 Å². The third kappa shape index (κ3) is 6.54. The Bertz CT molecular complexity index is 1260. The highest BCUT2D eigenvalue weighted by Crippen LogP contribution is 2.30. The summed E-state index contributed by atoms with van der Waals surface area (Å²) in [4.78, 5) is 17.7. The Balaban J connectivity index is 0.00000361. The van der Waals surface area contributed by atoms with Crippen LogP contribution in [0.3, 0.4) is 0 Å². The minimum Gasteiger partial charge on any atom is -0.501 e. The molecule has 0 spiro atoms. The van der Waals surface area contributed by atoms with Crippen molar-refractivity contribution in [2.75, 3.05) is 14.2 Å². The molecule has 0 saturated carbocycles. The normalized spacial score (nSPS) is 13.1. The van der Waals surface area contributed by atoms with Gasteiger partial charge in [0.2, 0.25) is 0 Å². The molecule has 4 heteroatoms. The van der Waals surface area contributed by atoms with Crippen molar-refractivity contribution >= 4 is 16.6 Å². The summed E-state index contributed by atoms with van der Waals surface area (Å²) in [5, 5.41) is 2.29. The van der Waals surface area contributed by atoms with E-state index in [1.54, 1.807) is 14.2 Å². The zero-order valence-corrected chi connectivity index (χ0v) is 23.2. The zero-order chi connectivity index (χ0) is 26.5. The smallest absolute Gasteiger partial charge is 0.137 e. The van der Waals surface area contributed by atoms with Crippen molar-refractivity contribution < 1.29 is 17.1 Å². The largest absolute Gasteiger partial charge is 0.501 e. The van der Waals surface area contributed by atoms with Crippen LogP contribution < -0.4 is 4.74 Å². The molecule has 0 fully saturated rings. The summed E-state index contributed by atoms with van der Waals surface area (Å²) in [5.41, 5.74) is 5.59. The lowest BCUT2D eigenvalue weighted by molar-refractivity contribution is -0.118. The molecule has 0 N–H and O–H groups in total. The van der Waals surface area contributed by atoms with Crippen LogP contribution in [0.1, 0.15) is 71.8 Å². The first-order chi connectivity index (χ1) is 17.1. The number of aryl methyl sites for hydroxylation is 1. The summed E-state index contributed by atoms with van der Waals surface area (Å²) in [6.07, 6.45) is 6.53. The van der Waals surface area contributed by atoms with E-state index in [9.17, 15) is 4.79 Å². The molecule has 1 unspecified atom stereocenters. The Kier molecular flexibility index (Phi) is 8.94. The highest BCUT2D eigenvalue weighted by molar-refractivity contribution is 5.87. The van der Waals surface area contributed by atoms with Crippen molar-refractivity contribution in [3.8, 4) is 5.75 Å². The molecule has 0 bridgehead atoms. The van der Waals surface area contributed by atoms with Crippen molar-refractivity contribution in [1.82, 2.24) is 4.98 Å².